The molecule has 2 amide bonds. The highest BCUT2D eigenvalue weighted by atomic mass is 32.2. The molecule has 2 heterocycles. The van der Waals surface area contributed by atoms with Gasteiger partial charge < -0.3 is 38.7 Å². The molecule has 0 aliphatic carbocycles. The van der Waals surface area contributed by atoms with Crippen LogP contribution in [0.15, 0.2) is 84.0 Å². The van der Waals surface area contributed by atoms with Crippen molar-refractivity contribution in [3.8, 4) is 5.75 Å². The summed E-state index contributed by atoms with van der Waals surface area (Å²) in [4.78, 5) is 89.8. The summed E-state index contributed by atoms with van der Waals surface area (Å²) in [5, 5.41) is 10.2. The topological polar surface area (TPSA) is 236 Å². The minimum absolute atomic E-state index is 0.0118. The Hall–Kier alpha value is -5.66. The Morgan fingerprint density at radius 2 is 1.34 bits per heavy atom. The standard InChI is InChI=1S/C57H78N4O10.CH4O3S/c1-38(2)29-48(50(63)34-45(31-42-19-15-12-16-20-42)54(66)59-49(30-39(3)4)52(64)57(9)37-70-57)58-53(65)44(23-21-41-17-13-11-14-18-41)33-46(62)36-61(25-27-69-28-26-61)35-43-22-24-51(71-55(67)56(6,7)8)47(32-43)40(5)60-68-10;1-5(2,3)4/h11-20,22,24,32,38-39,44-45,48-49H,21,23,25-31,33-37H2,1-10H3,(H-,58,59,65,66);1H3,(H,2,3,4)/b60-40+;/t44-,45-,48+,49+,57-;/m1./s1. The Bertz CT molecular complexity index is 2560. The van der Waals surface area contributed by atoms with E-state index in [0.717, 1.165) is 16.7 Å². The second-order valence-corrected chi connectivity index (χ2v) is 23.9. The van der Waals surface area contributed by atoms with Crippen molar-refractivity contribution in [2.45, 2.75) is 131 Å². The molecule has 3 aromatic carbocycles. The van der Waals surface area contributed by atoms with Gasteiger partial charge in [0.05, 0.1) is 53.1 Å². The predicted molar refractivity (Wildman–Crippen MR) is 289 cm³/mol. The van der Waals surface area contributed by atoms with E-state index >= 15 is 0 Å². The number of carbonyl (C=O) groups is 6. The van der Waals surface area contributed by atoms with Crippen LogP contribution in [0, 0.1) is 29.1 Å². The first kappa shape index (κ1) is 62.9. The fraction of sp³-hybridized carbons (Fsp3) is 0.569. The number of nitrogens with zero attached hydrogens (tertiary/aromatic N) is 2. The number of amides is 2. The zero-order chi connectivity index (χ0) is 56.4. The monoisotopic (exact) mass is 1070 g/mol. The lowest BCUT2D eigenvalue weighted by Gasteiger charge is -2.41. The number of ether oxygens (including phenoxy) is 3. The molecule has 2 aliphatic rings. The molecule has 418 valence electrons. The third-order valence-electron chi connectivity index (χ3n) is 13.4. The number of hydrogen-bond acceptors (Lipinski definition) is 14. The second kappa shape index (κ2) is 28.6. The molecule has 0 spiro atoms. The molecule has 2 N–H and O–H groups in total. The highest BCUT2D eigenvalue weighted by Crippen LogP contribution is 2.31. The third kappa shape index (κ3) is 21.4. The summed E-state index contributed by atoms with van der Waals surface area (Å²) >= 11 is 0. The number of quaternary nitrogens is 1. The van der Waals surface area contributed by atoms with E-state index in [9.17, 15) is 28.8 Å². The number of aryl methyl sites for hydroxylation is 1. The number of rotatable bonds is 27. The van der Waals surface area contributed by atoms with Crippen molar-refractivity contribution in [3.63, 3.8) is 0 Å². The third-order valence-corrected chi connectivity index (χ3v) is 13.4. The first-order valence-corrected chi connectivity index (χ1v) is 28.1. The minimum Gasteiger partial charge on any atom is -0.748 e. The van der Waals surface area contributed by atoms with Crippen molar-refractivity contribution in [2.75, 3.05) is 52.8 Å². The summed E-state index contributed by atoms with van der Waals surface area (Å²) in [5.41, 5.74) is 2.23. The Morgan fingerprint density at radius 1 is 0.803 bits per heavy atom. The fourth-order valence-corrected chi connectivity index (χ4v) is 9.19. The molecule has 0 aromatic heterocycles. The summed E-state index contributed by atoms with van der Waals surface area (Å²) < 4.78 is 44.8. The van der Waals surface area contributed by atoms with Crippen LogP contribution in [0.2, 0.25) is 0 Å². The van der Waals surface area contributed by atoms with Gasteiger partial charge in [-0.1, -0.05) is 93.5 Å². The zero-order valence-corrected chi connectivity index (χ0v) is 47.3. The number of epoxide rings is 1. The van der Waals surface area contributed by atoms with Crippen LogP contribution in [0.5, 0.6) is 5.75 Å². The van der Waals surface area contributed by atoms with Crippen molar-refractivity contribution < 1.29 is 65.3 Å². The molecule has 5 rings (SSSR count). The van der Waals surface area contributed by atoms with E-state index in [2.05, 4.69) is 15.8 Å². The van der Waals surface area contributed by atoms with Crippen molar-refractivity contribution >= 4 is 51.0 Å². The zero-order valence-electron chi connectivity index (χ0n) is 46.5. The highest BCUT2D eigenvalue weighted by Gasteiger charge is 2.50. The summed E-state index contributed by atoms with van der Waals surface area (Å²) in [7, 11) is -2.46. The SMILES string of the molecule is CO/N=C(\C)c1cc(C[N+]2(CC(=O)C[C@@H](CCc3ccccc3)C(=O)N[C@@H](CC(C)C)C(=O)C[C@@H](Cc3ccccc3)C(=O)N[C@@H](CC(C)C)C(=O)[C@@]3(C)CO3)CCOCC2)ccc1OC(=O)C(C)(C)C.CS(=O)(=O)[O-]. The van der Waals surface area contributed by atoms with Gasteiger partial charge in [0.2, 0.25) is 11.8 Å². The molecule has 5 atom stereocenters. The van der Waals surface area contributed by atoms with Gasteiger partial charge in [-0.05, 0) is 108 Å². The molecule has 0 bridgehead atoms. The van der Waals surface area contributed by atoms with Gasteiger partial charge in [-0.2, -0.15) is 0 Å². The number of morpholine rings is 1. The Balaban J connectivity index is 0.00000238. The molecule has 0 radical (unpaired) electrons. The van der Waals surface area contributed by atoms with E-state index in [-0.39, 0.29) is 60.9 Å². The van der Waals surface area contributed by atoms with Gasteiger partial charge in [-0.15, -0.1) is 0 Å². The molecule has 18 heteroatoms. The molecule has 76 heavy (non-hydrogen) atoms. The number of oxime groups is 1. The van der Waals surface area contributed by atoms with Crippen LogP contribution < -0.4 is 15.4 Å². The summed E-state index contributed by atoms with van der Waals surface area (Å²) in [6, 6.07) is 23.1. The summed E-state index contributed by atoms with van der Waals surface area (Å²) in [5.74, 6) is -2.83. The maximum atomic E-state index is 14.7. The van der Waals surface area contributed by atoms with Gasteiger partial charge in [0.15, 0.2) is 17.3 Å². The number of esters is 1. The number of nitrogens with one attached hydrogen (secondary N) is 2. The van der Waals surface area contributed by atoms with Crippen molar-refractivity contribution in [3.05, 3.63) is 101 Å². The molecule has 2 aliphatic heterocycles. The Labute approximate surface area is 450 Å². The minimum atomic E-state index is -3.92. The smallest absolute Gasteiger partial charge is 0.316 e. The van der Waals surface area contributed by atoms with E-state index < -0.39 is 56.9 Å². The van der Waals surface area contributed by atoms with Crippen LogP contribution in [0.3, 0.4) is 0 Å². The normalized spacial score (nSPS) is 18.0. The lowest BCUT2D eigenvalue weighted by atomic mass is 9.87. The lowest BCUT2D eigenvalue weighted by Crippen LogP contribution is -2.57. The fourth-order valence-electron chi connectivity index (χ4n) is 9.19. The van der Waals surface area contributed by atoms with Crippen LogP contribution in [0.4, 0.5) is 0 Å². The number of benzene rings is 3. The predicted octanol–water partition coefficient (Wildman–Crippen LogP) is 6.96. The van der Waals surface area contributed by atoms with Crippen molar-refractivity contribution in [2.24, 2.45) is 34.2 Å². The van der Waals surface area contributed by atoms with E-state index in [0.29, 0.717) is 92.9 Å². The lowest BCUT2D eigenvalue weighted by molar-refractivity contribution is -0.940. The number of hydrogen-bond donors (Lipinski definition) is 2. The molecular weight excluding hydrogens is 993 g/mol. The quantitative estimate of drug-likeness (QED) is 0.0150. The molecule has 17 nitrogen and oxygen atoms in total. The molecule has 2 fully saturated rings. The molecular formula is C58H82N4O13S. The Morgan fingerprint density at radius 3 is 1.88 bits per heavy atom. The van der Waals surface area contributed by atoms with Gasteiger partial charge in [0.1, 0.15) is 44.6 Å². The van der Waals surface area contributed by atoms with Gasteiger partial charge in [-0.25, -0.2) is 8.42 Å². The van der Waals surface area contributed by atoms with Crippen molar-refractivity contribution in [1.29, 1.82) is 0 Å². The maximum Gasteiger partial charge on any atom is 0.316 e. The maximum absolute atomic E-state index is 14.7. The van der Waals surface area contributed by atoms with E-state index in [1.807, 2.05) is 100 Å². The molecule has 0 unspecified atom stereocenters. The van der Waals surface area contributed by atoms with E-state index in [1.54, 1.807) is 40.7 Å². The second-order valence-electron chi connectivity index (χ2n) is 22.5. The molecule has 2 saturated heterocycles. The van der Waals surface area contributed by atoms with E-state index in [4.69, 9.17) is 32.0 Å². The number of carbonyl (C=O) groups excluding carboxylic acids is 6. The van der Waals surface area contributed by atoms with Crippen LogP contribution in [-0.2, 0) is 72.6 Å². The molecule has 0 saturated carbocycles. The molecule has 3 aromatic rings. The average molecular weight is 1080 g/mol. The number of Topliss-reactive ketones (excluding diaryl/α,β-unsaturated/α-hetero) is 3. The first-order chi connectivity index (χ1) is 35.6. The number of ketones is 3. The van der Waals surface area contributed by atoms with Crippen LogP contribution in [-0.4, -0.2) is 129 Å². The largest absolute Gasteiger partial charge is 0.748 e. The van der Waals surface area contributed by atoms with Gasteiger partial charge >= 0.3 is 5.97 Å². The van der Waals surface area contributed by atoms with Crippen LogP contribution in [0.25, 0.3) is 0 Å². The van der Waals surface area contributed by atoms with Gasteiger partial charge in [-0.3, -0.25) is 28.8 Å². The Kier molecular flexibility index (Phi) is 23.7. The summed E-state index contributed by atoms with van der Waals surface area (Å²) in [6.07, 6.45) is 2.33. The van der Waals surface area contributed by atoms with Crippen molar-refractivity contribution in [1.82, 2.24) is 10.6 Å². The first-order valence-electron chi connectivity index (χ1n) is 26.3. The highest BCUT2D eigenvalue weighted by molar-refractivity contribution is 7.84. The summed E-state index contributed by atoms with van der Waals surface area (Å²) in [6.45, 7) is 19.8. The van der Waals surface area contributed by atoms with E-state index in [1.165, 1.54) is 7.11 Å². The van der Waals surface area contributed by atoms with Gasteiger partial charge in [0.25, 0.3) is 0 Å². The average Bonchev–Trinajstić information content (AvgIpc) is 4.10. The van der Waals surface area contributed by atoms with Crippen LogP contribution in [0.1, 0.15) is 117 Å². The van der Waals surface area contributed by atoms with Crippen LogP contribution >= 0.6 is 0 Å². The van der Waals surface area contributed by atoms with Gasteiger partial charge in [0, 0.05) is 42.1 Å².